The Morgan fingerprint density at radius 2 is 2.00 bits per heavy atom. The summed E-state index contributed by atoms with van der Waals surface area (Å²) in [6.45, 7) is 0.911. The molecule has 1 N–H and O–H groups in total. The van der Waals surface area contributed by atoms with Crippen molar-refractivity contribution in [1.29, 1.82) is 0 Å². The third-order valence-corrected chi connectivity index (χ3v) is 3.16. The fourth-order valence-corrected chi connectivity index (χ4v) is 1.99. The van der Waals surface area contributed by atoms with E-state index in [1.807, 2.05) is 0 Å². The summed E-state index contributed by atoms with van der Waals surface area (Å²) in [4.78, 5) is 11.5. The molecule has 1 aliphatic carbocycles. The Bertz CT molecular complexity index is 478. The first kappa shape index (κ1) is 14.1. The normalized spacial score (nSPS) is 15.7. The maximum Gasteiger partial charge on any atom is 0.431 e. The number of unbranched alkanes of at least 4 members (excludes halogenated alkanes) is 1. The number of pyridine rings is 1. The molecular weight excluding hydrogens is 257 g/mol. The van der Waals surface area contributed by atoms with Crippen molar-refractivity contribution in [2.24, 2.45) is 0 Å². The molecule has 0 radical (unpaired) electrons. The summed E-state index contributed by atoms with van der Waals surface area (Å²) >= 11 is 0. The number of hydrogen-bond donors (Lipinski definition) is 1. The predicted molar refractivity (Wildman–Crippen MR) is 66.0 cm³/mol. The van der Waals surface area contributed by atoms with Gasteiger partial charge in [-0.1, -0.05) is 6.07 Å². The highest BCUT2D eigenvalue weighted by Crippen LogP contribution is 2.28. The molecule has 0 atom stereocenters. The summed E-state index contributed by atoms with van der Waals surface area (Å²) in [5.41, 5.74) is -1.46. The van der Waals surface area contributed by atoms with Crippen LogP contribution in [0.15, 0.2) is 23.0 Å². The van der Waals surface area contributed by atoms with E-state index in [2.05, 4.69) is 5.32 Å². The van der Waals surface area contributed by atoms with Gasteiger partial charge in [0.2, 0.25) is 0 Å². The molecule has 0 aliphatic heterocycles. The van der Waals surface area contributed by atoms with Crippen LogP contribution in [0.1, 0.15) is 31.4 Å². The first-order valence-electron chi connectivity index (χ1n) is 6.49. The number of halogens is 3. The molecule has 1 aromatic rings. The fourth-order valence-electron chi connectivity index (χ4n) is 1.99. The summed E-state index contributed by atoms with van der Waals surface area (Å²) < 4.78 is 39.1. The molecule has 0 bridgehead atoms. The van der Waals surface area contributed by atoms with Crippen LogP contribution in [0.2, 0.25) is 0 Å². The van der Waals surface area contributed by atoms with Crippen LogP contribution in [0.3, 0.4) is 0 Å². The Morgan fingerprint density at radius 1 is 1.26 bits per heavy atom. The lowest BCUT2D eigenvalue weighted by atomic mass is 10.2. The lowest BCUT2D eigenvalue weighted by Gasteiger charge is -2.14. The van der Waals surface area contributed by atoms with E-state index in [1.54, 1.807) is 0 Å². The molecule has 1 aliphatic rings. The van der Waals surface area contributed by atoms with Gasteiger partial charge in [-0.25, -0.2) is 0 Å². The second kappa shape index (κ2) is 5.77. The second-order valence-electron chi connectivity index (χ2n) is 4.83. The van der Waals surface area contributed by atoms with Gasteiger partial charge in [0.15, 0.2) is 0 Å². The van der Waals surface area contributed by atoms with E-state index >= 15 is 0 Å². The van der Waals surface area contributed by atoms with Gasteiger partial charge < -0.3 is 9.88 Å². The first-order chi connectivity index (χ1) is 8.98. The molecule has 0 aromatic carbocycles. The molecule has 1 heterocycles. The Hall–Kier alpha value is -1.30. The smallest absolute Gasteiger partial charge is 0.314 e. The van der Waals surface area contributed by atoms with E-state index < -0.39 is 17.4 Å². The van der Waals surface area contributed by atoms with Crippen molar-refractivity contribution in [2.45, 2.75) is 44.4 Å². The van der Waals surface area contributed by atoms with Crippen LogP contribution in [0.4, 0.5) is 13.2 Å². The van der Waals surface area contributed by atoms with Crippen LogP contribution in [0.25, 0.3) is 0 Å². The zero-order valence-corrected chi connectivity index (χ0v) is 10.5. The quantitative estimate of drug-likeness (QED) is 0.808. The maximum atomic E-state index is 12.7. The second-order valence-corrected chi connectivity index (χ2v) is 4.83. The average molecular weight is 274 g/mol. The van der Waals surface area contributed by atoms with Crippen LogP contribution in [0, 0.1) is 0 Å². The van der Waals surface area contributed by atoms with Crippen molar-refractivity contribution in [3.05, 3.63) is 34.2 Å². The number of rotatable bonds is 6. The molecule has 0 unspecified atom stereocenters. The van der Waals surface area contributed by atoms with Crippen LogP contribution in [-0.2, 0) is 12.7 Å². The third-order valence-electron chi connectivity index (χ3n) is 3.16. The Balaban J connectivity index is 1.92. The molecule has 0 amide bonds. The Morgan fingerprint density at radius 3 is 2.63 bits per heavy atom. The molecule has 0 spiro atoms. The van der Waals surface area contributed by atoms with E-state index in [-0.39, 0.29) is 6.54 Å². The fraction of sp³-hybridized carbons (Fsp3) is 0.615. The molecule has 1 saturated carbocycles. The lowest BCUT2D eigenvalue weighted by Crippen LogP contribution is -2.27. The molecular formula is C13H17F3N2O. The minimum atomic E-state index is -4.48. The number of nitrogens with zero attached hydrogens (tertiary/aromatic N) is 1. The summed E-state index contributed by atoms with van der Waals surface area (Å²) in [5, 5.41) is 3.29. The largest absolute Gasteiger partial charge is 0.431 e. The van der Waals surface area contributed by atoms with Crippen molar-refractivity contribution >= 4 is 0 Å². The van der Waals surface area contributed by atoms with Gasteiger partial charge in [0, 0.05) is 18.7 Å². The standard InChI is InChI=1S/C13H17F3N2O/c14-13(15,16)11-4-3-5-12(19)18(11)9-2-1-8-17-10-6-7-10/h3-5,10,17H,1-2,6-9H2. The highest BCUT2D eigenvalue weighted by molar-refractivity contribution is 5.10. The molecule has 19 heavy (non-hydrogen) atoms. The van der Waals surface area contributed by atoms with E-state index in [0.717, 1.165) is 35.7 Å². The Labute approximate surface area is 109 Å². The van der Waals surface area contributed by atoms with E-state index in [9.17, 15) is 18.0 Å². The van der Waals surface area contributed by atoms with Gasteiger partial charge in [0.1, 0.15) is 5.69 Å². The zero-order chi connectivity index (χ0) is 13.9. The molecule has 2 rings (SSSR count). The summed E-state index contributed by atoms with van der Waals surface area (Å²) in [7, 11) is 0. The van der Waals surface area contributed by atoms with Crippen molar-refractivity contribution in [3.63, 3.8) is 0 Å². The molecule has 0 saturated heterocycles. The van der Waals surface area contributed by atoms with Crippen molar-refractivity contribution < 1.29 is 13.2 Å². The zero-order valence-electron chi connectivity index (χ0n) is 10.5. The van der Waals surface area contributed by atoms with Crippen molar-refractivity contribution in [2.75, 3.05) is 6.54 Å². The lowest BCUT2D eigenvalue weighted by molar-refractivity contribution is -0.144. The Kier molecular flexibility index (Phi) is 4.29. The van der Waals surface area contributed by atoms with E-state index in [0.29, 0.717) is 12.5 Å². The summed E-state index contributed by atoms with van der Waals surface area (Å²) in [6.07, 6.45) is -0.763. The molecule has 1 fully saturated rings. The van der Waals surface area contributed by atoms with Gasteiger partial charge in [0.05, 0.1) is 0 Å². The minimum Gasteiger partial charge on any atom is -0.314 e. The summed E-state index contributed by atoms with van der Waals surface area (Å²) in [6, 6.07) is 3.86. The highest BCUT2D eigenvalue weighted by Gasteiger charge is 2.33. The van der Waals surface area contributed by atoms with E-state index in [1.165, 1.54) is 12.8 Å². The number of nitrogens with one attached hydrogen (secondary N) is 1. The van der Waals surface area contributed by atoms with Gasteiger partial charge >= 0.3 is 6.18 Å². The van der Waals surface area contributed by atoms with Crippen LogP contribution in [0.5, 0.6) is 0 Å². The minimum absolute atomic E-state index is 0.112. The average Bonchev–Trinajstić information content (AvgIpc) is 3.13. The molecule has 6 heteroatoms. The van der Waals surface area contributed by atoms with Gasteiger partial charge in [-0.15, -0.1) is 0 Å². The summed E-state index contributed by atoms with van der Waals surface area (Å²) in [5.74, 6) is 0. The van der Waals surface area contributed by atoms with Gasteiger partial charge in [-0.3, -0.25) is 4.79 Å². The van der Waals surface area contributed by atoms with Crippen LogP contribution < -0.4 is 10.9 Å². The SMILES string of the molecule is O=c1cccc(C(F)(F)F)n1CCCCNC1CC1. The number of alkyl halides is 3. The van der Waals surface area contributed by atoms with Crippen molar-refractivity contribution in [3.8, 4) is 0 Å². The van der Waals surface area contributed by atoms with Gasteiger partial charge in [0.25, 0.3) is 5.56 Å². The van der Waals surface area contributed by atoms with Gasteiger partial charge in [-0.05, 0) is 38.3 Å². The topological polar surface area (TPSA) is 34.0 Å². The van der Waals surface area contributed by atoms with E-state index in [4.69, 9.17) is 0 Å². The van der Waals surface area contributed by atoms with Crippen LogP contribution >= 0.6 is 0 Å². The third kappa shape index (κ3) is 4.09. The number of aromatic nitrogens is 1. The molecule has 1 aromatic heterocycles. The van der Waals surface area contributed by atoms with Crippen LogP contribution in [-0.4, -0.2) is 17.2 Å². The molecule has 106 valence electrons. The maximum absolute atomic E-state index is 12.7. The van der Waals surface area contributed by atoms with Gasteiger partial charge in [-0.2, -0.15) is 13.2 Å². The number of hydrogen-bond acceptors (Lipinski definition) is 2. The monoisotopic (exact) mass is 274 g/mol. The first-order valence-corrected chi connectivity index (χ1v) is 6.49. The predicted octanol–water partition coefficient (Wildman–Crippen LogP) is 2.40. The van der Waals surface area contributed by atoms with Crippen molar-refractivity contribution in [1.82, 2.24) is 9.88 Å². The highest BCUT2D eigenvalue weighted by atomic mass is 19.4. The molecule has 3 nitrogen and oxygen atoms in total.